The Balaban J connectivity index is 1.68. The zero-order valence-corrected chi connectivity index (χ0v) is 17.8. The third-order valence-electron chi connectivity index (χ3n) is 5.23. The SMILES string of the molecule is CC(C)C(C)N(Cc1nc(C(=O)NCc2cccnc2)co1)Cc1ccc(F)cc1F. The minimum Gasteiger partial charge on any atom is -0.447 e. The second-order valence-electron chi connectivity index (χ2n) is 7.80. The fraction of sp³-hybridized carbons (Fsp3) is 0.348. The fourth-order valence-electron chi connectivity index (χ4n) is 3.07. The van der Waals surface area contributed by atoms with Crippen molar-refractivity contribution in [2.75, 3.05) is 0 Å². The molecule has 1 atom stereocenters. The van der Waals surface area contributed by atoms with Gasteiger partial charge in [0.25, 0.3) is 5.91 Å². The summed E-state index contributed by atoms with van der Waals surface area (Å²) < 4.78 is 32.9. The summed E-state index contributed by atoms with van der Waals surface area (Å²) in [7, 11) is 0. The number of carbonyl (C=O) groups is 1. The highest BCUT2D eigenvalue weighted by Crippen LogP contribution is 2.20. The second-order valence-corrected chi connectivity index (χ2v) is 7.80. The second kappa shape index (κ2) is 10.3. The van der Waals surface area contributed by atoms with Crippen LogP contribution in [0.1, 0.15) is 48.3 Å². The molecule has 0 saturated heterocycles. The number of pyridine rings is 1. The van der Waals surface area contributed by atoms with Gasteiger partial charge in [-0.3, -0.25) is 14.7 Å². The van der Waals surface area contributed by atoms with E-state index < -0.39 is 11.6 Å². The molecular formula is C23H26F2N4O2. The van der Waals surface area contributed by atoms with E-state index in [0.717, 1.165) is 11.6 Å². The van der Waals surface area contributed by atoms with Gasteiger partial charge in [0.2, 0.25) is 5.89 Å². The van der Waals surface area contributed by atoms with Crippen molar-refractivity contribution in [3.05, 3.63) is 83.3 Å². The molecule has 3 aromatic rings. The lowest BCUT2D eigenvalue weighted by Gasteiger charge is -2.30. The molecule has 164 valence electrons. The van der Waals surface area contributed by atoms with E-state index >= 15 is 0 Å². The van der Waals surface area contributed by atoms with Crippen molar-refractivity contribution in [1.29, 1.82) is 0 Å². The first-order valence-electron chi connectivity index (χ1n) is 10.1. The van der Waals surface area contributed by atoms with Crippen LogP contribution in [0.3, 0.4) is 0 Å². The Bertz CT molecular complexity index is 1010. The predicted molar refractivity (Wildman–Crippen MR) is 112 cm³/mol. The molecule has 2 aromatic heterocycles. The van der Waals surface area contributed by atoms with E-state index in [4.69, 9.17) is 4.42 Å². The molecule has 1 amide bonds. The molecule has 1 N–H and O–H groups in total. The molecule has 0 bridgehead atoms. The monoisotopic (exact) mass is 428 g/mol. The van der Waals surface area contributed by atoms with Gasteiger partial charge in [-0.25, -0.2) is 13.8 Å². The van der Waals surface area contributed by atoms with Crippen LogP contribution in [0.25, 0.3) is 0 Å². The minimum absolute atomic E-state index is 0.0687. The summed E-state index contributed by atoms with van der Waals surface area (Å²) >= 11 is 0. The maximum Gasteiger partial charge on any atom is 0.273 e. The number of aromatic nitrogens is 2. The number of hydrogen-bond acceptors (Lipinski definition) is 5. The van der Waals surface area contributed by atoms with Gasteiger partial charge in [-0.1, -0.05) is 26.0 Å². The first kappa shape index (κ1) is 22.6. The highest BCUT2D eigenvalue weighted by molar-refractivity contribution is 5.91. The normalized spacial score (nSPS) is 12.4. The quantitative estimate of drug-likeness (QED) is 0.550. The van der Waals surface area contributed by atoms with Crippen molar-refractivity contribution >= 4 is 5.91 Å². The molecule has 1 aromatic carbocycles. The molecule has 0 aliphatic carbocycles. The van der Waals surface area contributed by atoms with E-state index in [1.54, 1.807) is 18.5 Å². The van der Waals surface area contributed by atoms with E-state index in [2.05, 4.69) is 29.1 Å². The Morgan fingerprint density at radius 3 is 2.68 bits per heavy atom. The standard InChI is InChI=1S/C23H26F2N4O2/c1-15(2)16(3)29(12-18-6-7-19(24)9-20(18)25)13-22-28-21(14-31-22)23(30)27-11-17-5-4-8-26-10-17/h4-10,14-16H,11-13H2,1-3H3,(H,27,30). The highest BCUT2D eigenvalue weighted by Gasteiger charge is 2.22. The molecule has 0 fully saturated rings. The van der Waals surface area contributed by atoms with Crippen LogP contribution in [0.5, 0.6) is 0 Å². The molecule has 0 saturated carbocycles. The molecule has 1 unspecified atom stereocenters. The molecule has 0 aliphatic heterocycles. The lowest BCUT2D eigenvalue weighted by molar-refractivity contribution is 0.0945. The Labute approximate surface area is 180 Å². The van der Waals surface area contributed by atoms with Crippen molar-refractivity contribution in [2.24, 2.45) is 5.92 Å². The topological polar surface area (TPSA) is 71.3 Å². The van der Waals surface area contributed by atoms with Gasteiger partial charge < -0.3 is 9.73 Å². The van der Waals surface area contributed by atoms with Gasteiger partial charge in [-0.2, -0.15) is 0 Å². The molecule has 0 spiro atoms. The summed E-state index contributed by atoms with van der Waals surface area (Å²) in [6.45, 7) is 7.02. The maximum atomic E-state index is 14.2. The van der Waals surface area contributed by atoms with Crippen LogP contribution >= 0.6 is 0 Å². The van der Waals surface area contributed by atoms with Crippen LogP contribution in [0.2, 0.25) is 0 Å². The largest absolute Gasteiger partial charge is 0.447 e. The summed E-state index contributed by atoms with van der Waals surface area (Å²) in [6, 6.07) is 7.29. The van der Waals surface area contributed by atoms with Crippen molar-refractivity contribution in [3.63, 3.8) is 0 Å². The number of amides is 1. The van der Waals surface area contributed by atoms with Gasteiger partial charge in [0.1, 0.15) is 17.9 Å². The number of carbonyl (C=O) groups excluding carboxylic acids is 1. The first-order valence-corrected chi connectivity index (χ1v) is 10.1. The zero-order chi connectivity index (χ0) is 22.4. The van der Waals surface area contributed by atoms with Crippen LogP contribution in [0, 0.1) is 17.6 Å². The summed E-state index contributed by atoms with van der Waals surface area (Å²) in [5.41, 5.74) is 1.43. The highest BCUT2D eigenvalue weighted by atomic mass is 19.1. The first-order chi connectivity index (χ1) is 14.8. The molecule has 6 nitrogen and oxygen atoms in total. The van der Waals surface area contributed by atoms with Crippen molar-refractivity contribution in [3.8, 4) is 0 Å². The van der Waals surface area contributed by atoms with E-state index in [1.807, 2.05) is 17.9 Å². The summed E-state index contributed by atoms with van der Waals surface area (Å²) in [4.78, 5) is 22.7. The number of benzene rings is 1. The third kappa shape index (κ3) is 6.18. The Morgan fingerprint density at radius 1 is 1.19 bits per heavy atom. The van der Waals surface area contributed by atoms with Gasteiger partial charge >= 0.3 is 0 Å². The van der Waals surface area contributed by atoms with E-state index in [0.29, 0.717) is 18.0 Å². The van der Waals surface area contributed by atoms with Gasteiger partial charge in [-0.15, -0.1) is 0 Å². The van der Waals surface area contributed by atoms with Crippen LogP contribution < -0.4 is 5.32 Å². The summed E-state index contributed by atoms with van der Waals surface area (Å²) in [5.74, 6) is -0.933. The average molecular weight is 428 g/mol. The van der Waals surface area contributed by atoms with Gasteiger partial charge in [0, 0.05) is 43.2 Å². The molecular weight excluding hydrogens is 402 g/mol. The lowest BCUT2D eigenvalue weighted by Crippen LogP contribution is -2.36. The van der Waals surface area contributed by atoms with Gasteiger partial charge in [0.15, 0.2) is 5.69 Å². The Morgan fingerprint density at radius 2 is 2.00 bits per heavy atom. The predicted octanol–water partition coefficient (Wildman–Crippen LogP) is 4.32. The number of oxazole rings is 1. The molecule has 31 heavy (non-hydrogen) atoms. The number of halogens is 2. The lowest BCUT2D eigenvalue weighted by atomic mass is 10.0. The molecule has 0 aliphatic rings. The van der Waals surface area contributed by atoms with E-state index in [-0.39, 0.29) is 36.7 Å². The average Bonchev–Trinajstić information content (AvgIpc) is 3.22. The molecule has 0 radical (unpaired) electrons. The summed E-state index contributed by atoms with van der Waals surface area (Å²) in [6.07, 6.45) is 4.65. The number of nitrogens with zero attached hydrogens (tertiary/aromatic N) is 3. The van der Waals surface area contributed by atoms with Crippen molar-refractivity contribution in [1.82, 2.24) is 20.2 Å². The smallest absolute Gasteiger partial charge is 0.273 e. The summed E-state index contributed by atoms with van der Waals surface area (Å²) in [5, 5.41) is 2.78. The van der Waals surface area contributed by atoms with Crippen molar-refractivity contribution < 1.29 is 18.0 Å². The van der Waals surface area contributed by atoms with Gasteiger partial charge in [0.05, 0.1) is 6.54 Å². The number of hydrogen-bond donors (Lipinski definition) is 1. The Hall–Kier alpha value is -3.13. The molecule has 2 heterocycles. The maximum absolute atomic E-state index is 14.2. The van der Waals surface area contributed by atoms with Crippen LogP contribution in [0.15, 0.2) is 53.4 Å². The number of nitrogens with one attached hydrogen (secondary N) is 1. The zero-order valence-electron chi connectivity index (χ0n) is 17.8. The van der Waals surface area contributed by atoms with E-state index in [1.165, 1.54) is 18.4 Å². The van der Waals surface area contributed by atoms with Crippen LogP contribution in [-0.2, 0) is 19.6 Å². The van der Waals surface area contributed by atoms with E-state index in [9.17, 15) is 13.6 Å². The van der Waals surface area contributed by atoms with Crippen LogP contribution in [0.4, 0.5) is 8.78 Å². The Kier molecular flexibility index (Phi) is 7.46. The van der Waals surface area contributed by atoms with Crippen molar-refractivity contribution in [2.45, 2.75) is 46.4 Å². The minimum atomic E-state index is -0.612. The van der Waals surface area contributed by atoms with Crippen LogP contribution in [-0.4, -0.2) is 26.8 Å². The fourth-order valence-corrected chi connectivity index (χ4v) is 3.07. The number of rotatable bonds is 9. The molecule has 8 heteroatoms. The third-order valence-corrected chi connectivity index (χ3v) is 5.23. The molecule has 3 rings (SSSR count). The van der Waals surface area contributed by atoms with Gasteiger partial charge in [-0.05, 0) is 30.5 Å².